The number of methoxy groups -OCH3 is 2. The van der Waals surface area contributed by atoms with E-state index in [1.807, 2.05) is 6.07 Å². The summed E-state index contributed by atoms with van der Waals surface area (Å²) in [7, 11) is 2.87. The van der Waals surface area contributed by atoms with Crippen molar-refractivity contribution in [3.63, 3.8) is 0 Å². The van der Waals surface area contributed by atoms with Crippen molar-refractivity contribution in [1.29, 1.82) is 0 Å². The molecule has 0 saturated heterocycles. The number of fused-ring (bicyclic) bond motifs is 2. The highest BCUT2D eigenvalue weighted by molar-refractivity contribution is 5.77. The number of benzene rings is 1. The van der Waals surface area contributed by atoms with Gasteiger partial charge in [-0.15, -0.1) is 0 Å². The molecule has 6 rings (SSSR count). The Kier molecular flexibility index (Phi) is 5.24. The van der Waals surface area contributed by atoms with Gasteiger partial charge in [-0.3, -0.25) is 0 Å². The van der Waals surface area contributed by atoms with E-state index in [-0.39, 0.29) is 23.7 Å². The van der Waals surface area contributed by atoms with E-state index in [4.69, 9.17) is 9.47 Å². The molecule has 0 bridgehead atoms. The fraction of sp³-hybridized carbons (Fsp3) is 0.292. The Morgan fingerprint density at radius 3 is 2.62 bits per heavy atom. The maximum atomic E-state index is 14.6. The molecule has 0 radical (unpaired) electrons. The van der Waals surface area contributed by atoms with Crippen molar-refractivity contribution in [3.8, 4) is 23.1 Å². The normalized spacial score (nSPS) is 17.5. The largest absolute Gasteiger partial charge is 0.480 e. The van der Waals surface area contributed by atoms with Gasteiger partial charge in [0.15, 0.2) is 5.65 Å². The van der Waals surface area contributed by atoms with Crippen LogP contribution in [0.1, 0.15) is 29.4 Å². The standard InChI is InChI=1S/C24H19F4N7O2/c1-36-22-16(8-30-23(32-22)37-2)18-7-15(21-29-9-20(25)35(21)33-18)14-6-13(14)12-3-4-17-19(5-12)34(11-31-17)10-24(26,27)28/h3-5,7-9,11,13-14H,6,10H2,1-2H3/t13-,14+/m1/s1. The minimum atomic E-state index is -4.36. The average molecular weight is 513 g/mol. The number of aromatic nitrogens is 7. The van der Waals surface area contributed by atoms with Gasteiger partial charge < -0.3 is 14.0 Å². The number of rotatable bonds is 6. The highest BCUT2D eigenvalue weighted by Crippen LogP contribution is 2.56. The summed E-state index contributed by atoms with van der Waals surface area (Å²) < 4.78 is 66.3. The van der Waals surface area contributed by atoms with Gasteiger partial charge in [-0.1, -0.05) is 6.07 Å². The van der Waals surface area contributed by atoms with Crippen molar-refractivity contribution in [2.24, 2.45) is 0 Å². The predicted molar refractivity (Wildman–Crippen MR) is 123 cm³/mol. The second kappa shape index (κ2) is 8.39. The van der Waals surface area contributed by atoms with Crippen LogP contribution in [0.15, 0.2) is 43.0 Å². The van der Waals surface area contributed by atoms with E-state index < -0.39 is 18.7 Å². The molecule has 0 N–H and O–H groups in total. The third kappa shape index (κ3) is 4.09. The molecule has 37 heavy (non-hydrogen) atoms. The van der Waals surface area contributed by atoms with Crippen LogP contribution in [0.4, 0.5) is 17.6 Å². The Morgan fingerprint density at radius 1 is 1.03 bits per heavy atom. The quantitative estimate of drug-likeness (QED) is 0.308. The van der Waals surface area contributed by atoms with Crippen LogP contribution in [0.5, 0.6) is 11.9 Å². The molecule has 13 heteroatoms. The molecule has 2 atom stereocenters. The molecule has 1 aliphatic rings. The minimum absolute atomic E-state index is 0.00598. The summed E-state index contributed by atoms with van der Waals surface area (Å²) in [4.78, 5) is 16.6. The fourth-order valence-corrected chi connectivity index (χ4v) is 4.68. The first kappa shape index (κ1) is 23.1. The maximum Gasteiger partial charge on any atom is 0.406 e. The molecule has 190 valence electrons. The zero-order valence-corrected chi connectivity index (χ0v) is 19.6. The number of hydrogen-bond acceptors (Lipinski definition) is 7. The molecule has 0 aliphatic heterocycles. The van der Waals surface area contributed by atoms with Crippen molar-refractivity contribution in [1.82, 2.24) is 34.1 Å². The molecular weight excluding hydrogens is 494 g/mol. The molecule has 4 heterocycles. The molecule has 1 aliphatic carbocycles. The first-order chi connectivity index (χ1) is 17.8. The average Bonchev–Trinajstić information content (AvgIpc) is 3.47. The van der Waals surface area contributed by atoms with Crippen LogP contribution in [-0.2, 0) is 6.54 Å². The van der Waals surface area contributed by atoms with Gasteiger partial charge in [0.05, 0.1) is 49.0 Å². The van der Waals surface area contributed by atoms with Crippen LogP contribution >= 0.6 is 0 Å². The van der Waals surface area contributed by atoms with Crippen LogP contribution in [0.2, 0.25) is 0 Å². The van der Waals surface area contributed by atoms with Crippen LogP contribution in [0.3, 0.4) is 0 Å². The van der Waals surface area contributed by atoms with E-state index in [2.05, 4.69) is 25.0 Å². The molecule has 1 fully saturated rings. The number of halogens is 4. The second-order valence-corrected chi connectivity index (χ2v) is 8.77. The first-order valence-corrected chi connectivity index (χ1v) is 11.3. The molecule has 0 unspecified atom stereocenters. The molecule has 4 aromatic heterocycles. The van der Waals surface area contributed by atoms with Gasteiger partial charge in [-0.05, 0) is 42.0 Å². The number of imidazole rings is 2. The first-order valence-electron chi connectivity index (χ1n) is 11.3. The summed E-state index contributed by atoms with van der Waals surface area (Å²) in [5.74, 6) is -0.471. The van der Waals surface area contributed by atoms with Gasteiger partial charge in [0.25, 0.3) is 0 Å². The number of hydrogen-bond donors (Lipinski definition) is 0. The minimum Gasteiger partial charge on any atom is -0.480 e. The van der Waals surface area contributed by atoms with E-state index in [9.17, 15) is 17.6 Å². The Balaban J connectivity index is 1.40. The Bertz CT molecular complexity index is 1650. The lowest BCUT2D eigenvalue weighted by Crippen LogP contribution is -2.16. The SMILES string of the molecule is COc1ncc(-c2cc([C@H]3C[C@@H]3c3ccc4ncn(CC(F)(F)F)c4c3)c3ncc(F)n3n2)c(OC)n1. The number of alkyl halides is 3. The molecule has 0 spiro atoms. The van der Waals surface area contributed by atoms with E-state index in [1.54, 1.807) is 18.2 Å². The van der Waals surface area contributed by atoms with E-state index in [0.717, 1.165) is 26.4 Å². The van der Waals surface area contributed by atoms with Crippen molar-refractivity contribution >= 4 is 16.7 Å². The highest BCUT2D eigenvalue weighted by atomic mass is 19.4. The molecule has 1 saturated carbocycles. The predicted octanol–water partition coefficient (Wildman–Crippen LogP) is 4.53. The van der Waals surface area contributed by atoms with Gasteiger partial charge in [0, 0.05) is 11.8 Å². The Morgan fingerprint density at radius 2 is 1.86 bits per heavy atom. The summed E-state index contributed by atoms with van der Waals surface area (Å²) in [6, 6.07) is 7.23. The Labute approximate surface area is 206 Å². The van der Waals surface area contributed by atoms with Crippen molar-refractivity contribution in [2.45, 2.75) is 31.0 Å². The third-order valence-corrected chi connectivity index (χ3v) is 6.45. The van der Waals surface area contributed by atoms with Crippen molar-refractivity contribution < 1.29 is 27.0 Å². The van der Waals surface area contributed by atoms with Gasteiger partial charge >= 0.3 is 12.2 Å². The summed E-state index contributed by atoms with van der Waals surface area (Å²) >= 11 is 0. The van der Waals surface area contributed by atoms with Gasteiger partial charge in [-0.25, -0.2) is 15.0 Å². The van der Waals surface area contributed by atoms with E-state index in [1.165, 1.54) is 26.7 Å². The summed E-state index contributed by atoms with van der Waals surface area (Å²) in [6.45, 7) is -1.12. The Hall–Kier alpha value is -4.29. The zero-order chi connectivity index (χ0) is 25.9. The van der Waals surface area contributed by atoms with Crippen molar-refractivity contribution in [2.75, 3.05) is 14.2 Å². The smallest absolute Gasteiger partial charge is 0.406 e. The van der Waals surface area contributed by atoms with Gasteiger partial charge in [0.1, 0.15) is 6.54 Å². The van der Waals surface area contributed by atoms with Crippen LogP contribution in [-0.4, -0.2) is 54.5 Å². The van der Waals surface area contributed by atoms with Crippen LogP contribution in [0.25, 0.3) is 27.9 Å². The van der Waals surface area contributed by atoms with E-state index >= 15 is 0 Å². The molecule has 0 amide bonds. The van der Waals surface area contributed by atoms with Crippen molar-refractivity contribution in [3.05, 3.63) is 60.1 Å². The molecule has 5 aromatic rings. The topological polar surface area (TPSA) is 92.3 Å². The summed E-state index contributed by atoms with van der Waals surface area (Å²) in [5, 5.41) is 4.38. The van der Waals surface area contributed by atoms with Crippen LogP contribution in [0, 0.1) is 5.95 Å². The maximum absolute atomic E-state index is 14.6. The van der Waals surface area contributed by atoms with Gasteiger partial charge in [-0.2, -0.15) is 32.2 Å². The van der Waals surface area contributed by atoms with Crippen LogP contribution < -0.4 is 9.47 Å². The number of ether oxygens (including phenoxy) is 2. The highest BCUT2D eigenvalue weighted by Gasteiger charge is 2.42. The lowest BCUT2D eigenvalue weighted by atomic mass is 10.0. The number of nitrogens with zero attached hydrogens (tertiary/aromatic N) is 7. The summed E-state index contributed by atoms with van der Waals surface area (Å²) in [5.41, 5.74) is 3.70. The van der Waals surface area contributed by atoms with E-state index in [0.29, 0.717) is 34.4 Å². The zero-order valence-electron chi connectivity index (χ0n) is 19.6. The monoisotopic (exact) mass is 513 g/mol. The van der Waals surface area contributed by atoms with Gasteiger partial charge in [0.2, 0.25) is 11.8 Å². The fourth-order valence-electron chi connectivity index (χ4n) is 4.68. The second-order valence-electron chi connectivity index (χ2n) is 8.77. The molecule has 9 nitrogen and oxygen atoms in total. The molecular formula is C24H19F4N7O2. The lowest BCUT2D eigenvalue weighted by Gasteiger charge is -2.11. The lowest BCUT2D eigenvalue weighted by molar-refractivity contribution is -0.139. The summed E-state index contributed by atoms with van der Waals surface area (Å²) in [6.07, 6.45) is 0.126. The molecule has 1 aromatic carbocycles. The third-order valence-electron chi connectivity index (χ3n) is 6.45.